The zero-order valence-corrected chi connectivity index (χ0v) is 14.3. The molecule has 0 aromatic carbocycles. The number of ether oxygens (including phenoxy) is 5. The Morgan fingerprint density at radius 2 is 1.13 bits per heavy atom. The van der Waals surface area contributed by atoms with E-state index in [1.54, 1.807) is 0 Å². The van der Waals surface area contributed by atoms with Gasteiger partial charge in [0.15, 0.2) is 0 Å². The zero-order chi connectivity index (χ0) is 15.8. The highest BCUT2D eigenvalue weighted by atomic mass is 16.6. The summed E-state index contributed by atoms with van der Waals surface area (Å²) < 4.78 is 28.9. The molecule has 0 radical (unpaired) electrons. The maximum atomic E-state index is 6.76. The Kier molecular flexibility index (Phi) is 4.93. The number of hydrogen-bond acceptors (Lipinski definition) is 5. The number of rotatable bonds is 10. The Labute approximate surface area is 138 Å². The van der Waals surface area contributed by atoms with Gasteiger partial charge in [-0.2, -0.15) is 0 Å². The van der Waals surface area contributed by atoms with Gasteiger partial charge in [0, 0.05) is 11.8 Å². The summed E-state index contributed by atoms with van der Waals surface area (Å²) in [7, 11) is 0. The van der Waals surface area contributed by atoms with E-state index in [9.17, 15) is 0 Å². The third-order valence-corrected chi connectivity index (χ3v) is 6.09. The Hall–Kier alpha value is -0.200. The molecule has 5 nitrogen and oxygen atoms in total. The lowest BCUT2D eigenvalue weighted by molar-refractivity contribution is -0.163. The molecule has 6 unspecified atom stereocenters. The molecule has 132 valence electrons. The Morgan fingerprint density at radius 1 is 0.739 bits per heavy atom. The molecule has 4 rings (SSSR count). The first-order valence-electron chi connectivity index (χ1n) is 9.36. The second-order valence-electron chi connectivity index (χ2n) is 7.55. The molecule has 4 saturated heterocycles. The summed E-state index contributed by atoms with van der Waals surface area (Å²) in [5.41, 5.74) is 0. The fourth-order valence-corrected chi connectivity index (χ4v) is 4.27. The van der Waals surface area contributed by atoms with Crippen LogP contribution >= 0.6 is 0 Å². The third-order valence-electron chi connectivity index (χ3n) is 6.09. The lowest BCUT2D eigenvalue weighted by Crippen LogP contribution is -2.49. The smallest absolute Gasteiger partial charge is 0.107 e. The van der Waals surface area contributed by atoms with Crippen LogP contribution in [0, 0.1) is 23.7 Å². The second kappa shape index (κ2) is 6.96. The molecular formula is C18H30O5. The van der Waals surface area contributed by atoms with E-state index < -0.39 is 0 Å². The highest BCUT2D eigenvalue weighted by molar-refractivity contribution is 4.95. The minimum Gasteiger partial charge on any atom is -0.381 e. The van der Waals surface area contributed by atoms with Crippen LogP contribution in [0.1, 0.15) is 26.7 Å². The quantitative estimate of drug-likeness (QED) is 0.574. The summed E-state index contributed by atoms with van der Waals surface area (Å²) in [6, 6.07) is 0. The molecule has 0 aliphatic carbocycles. The van der Waals surface area contributed by atoms with Crippen molar-refractivity contribution in [3.63, 3.8) is 0 Å². The van der Waals surface area contributed by atoms with Gasteiger partial charge >= 0.3 is 0 Å². The molecule has 6 atom stereocenters. The van der Waals surface area contributed by atoms with Gasteiger partial charge in [-0.25, -0.2) is 0 Å². The average molecular weight is 326 g/mol. The largest absolute Gasteiger partial charge is 0.381 e. The SMILES string of the molecule is CCC(C1COC1)C(OC(C1CO1)C(CC)C1COC1)C1CO1. The predicted molar refractivity (Wildman–Crippen MR) is 84.3 cm³/mol. The molecule has 0 spiro atoms. The van der Waals surface area contributed by atoms with Gasteiger partial charge < -0.3 is 23.7 Å². The molecule has 0 bridgehead atoms. The van der Waals surface area contributed by atoms with E-state index in [0.29, 0.717) is 23.7 Å². The first-order valence-corrected chi connectivity index (χ1v) is 9.36. The Morgan fingerprint density at radius 3 is 1.35 bits per heavy atom. The molecule has 4 aliphatic heterocycles. The second-order valence-corrected chi connectivity index (χ2v) is 7.55. The summed E-state index contributed by atoms with van der Waals surface area (Å²) >= 11 is 0. The maximum Gasteiger partial charge on any atom is 0.107 e. The summed E-state index contributed by atoms with van der Waals surface area (Å²) in [6.07, 6.45) is 3.19. The van der Waals surface area contributed by atoms with Crippen LogP contribution in [0.3, 0.4) is 0 Å². The molecule has 4 heterocycles. The van der Waals surface area contributed by atoms with E-state index in [1.807, 2.05) is 0 Å². The average Bonchev–Trinajstić information content (AvgIpc) is 3.33. The standard InChI is InChI=1S/C18H30O5/c1-3-13(11-5-19-6-11)17(15-9-21-15)23-18(16-10-22-16)14(4-2)12-7-20-8-12/h11-18H,3-10H2,1-2H3. The van der Waals surface area contributed by atoms with Gasteiger partial charge in [0.2, 0.25) is 0 Å². The van der Waals surface area contributed by atoms with Crippen LogP contribution in [0.4, 0.5) is 0 Å². The zero-order valence-electron chi connectivity index (χ0n) is 14.3. The number of epoxide rings is 2. The van der Waals surface area contributed by atoms with Crippen molar-refractivity contribution < 1.29 is 23.7 Å². The third kappa shape index (κ3) is 3.45. The lowest BCUT2D eigenvalue weighted by Gasteiger charge is -2.42. The maximum absolute atomic E-state index is 6.76. The van der Waals surface area contributed by atoms with Gasteiger partial charge in [-0.1, -0.05) is 26.7 Å². The molecule has 0 aromatic heterocycles. The fourth-order valence-electron chi connectivity index (χ4n) is 4.27. The van der Waals surface area contributed by atoms with E-state index in [-0.39, 0.29) is 24.4 Å². The first kappa shape index (κ1) is 16.3. The van der Waals surface area contributed by atoms with E-state index in [4.69, 9.17) is 23.7 Å². The van der Waals surface area contributed by atoms with Crippen molar-refractivity contribution in [3.8, 4) is 0 Å². The van der Waals surface area contributed by atoms with E-state index in [2.05, 4.69) is 13.8 Å². The summed E-state index contributed by atoms with van der Waals surface area (Å²) in [4.78, 5) is 0. The number of hydrogen-bond donors (Lipinski definition) is 0. The van der Waals surface area contributed by atoms with Crippen LogP contribution in [0.25, 0.3) is 0 Å². The van der Waals surface area contributed by atoms with Crippen molar-refractivity contribution in [2.45, 2.75) is 51.1 Å². The fraction of sp³-hybridized carbons (Fsp3) is 1.00. The van der Waals surface area contributed by atoms with Crippen molar-refractivity contribution in [3.05, 3.63) is 0 Å². The highest BCUT2D eigenvalue weighted by Crippen LogP contribution is 2.40. The van der Waals surface area contributed by atoms with Crippen molar-refractivity contribution >= 4 is 0 Å². The van der Waals surface area contributed by atoms with Crippen molar-refractivity contribution in [1.29, 1.82) is 0 Å². The van der Waals surface area contributed by atoms with Gasteiger partial charge in [-0.15, -0.1) is 0 Å². The molecule has 0 aromatic rings. The van der Waals surface area contributed by atoms with Gasteiger partial charge in [-0.05, 0) is 11.8 Å². The summed E-state index contributed by atoms with van der Waals surface area (Å²) in [5, 5.41) is 0. The van der Waals surface area contributed by atoms with Crippen LogP contribution in [-0.2, 0) is 23.7 Å². The Bertz CT molecular complexity index is 351. The van der Waals surface area contributed by atoms with Crippen LogP contribution in [0.5, 0.6) is 0 Å². The van der Waals surface area contributed by atoms with Gasteiger partial charge in [0.25, 0.3) is 0 Å². The monoisotopic (exact) mass is 326 g/mol. The topological polar surface area (TPSA) is 52.8 Å². The molecular weight excluding hydrogens is 296 g/mol. The van der Waals surface area contributed by atoms with Crippen LogP contribution < -0.4 is 0 Å². The van der Waals surface area contributed by atoms with E-state index >= 15 is 0 Å². The van der Waals surface area contributed by atoms with Crippen molar-refractivity contribution in [2.75, 3.05) is 39.6 Å². The minimum absolute atomic E-state index is 0.193. The molecule has 0 amide bonds. The Balaban J connectivity index is 1.46. The van der Waals surface area contributed by atoms with Gasteiger partial charge in [-0.3, -0.25) is 0 Å². The normalized spacial score (nSPS) is 35.7. The van der Waals surface area contributed by atoms with Gasteiger partial charge in [0.05, 0.1) is 51.8 Å². The molecule has 0 N–H and O–H groups in total. The van der Waals surface area contributed by atoms with E-state index in [1.165, 1.54) is 0 Å². The summed E-state index contributed by atoms with van der Waals surface area (Å²) in [5.74, 6) is 2.32. The molecule has 5 heteroatoms. The van der Waals surface area contributed by atoms with Crippen LogP contribution in [0.2, 0.25) is 0 Å². The first-order chi connectivity index (χ1) is 11.3. The highest BCUT2D eigenvalue weighted by Gasteiger charge is 2.49. The minimum atomic E-state index is 0.193. The predicted octanol–water partition coefficient (Wildman–Crippen LogP) is 1.88. The molecule has 4 aliphatic rings. The molecule has 23 heavy (non-hydrogen) atoms. The molecule has 4 fully saturated rings. The van der Waals surface area contributed by atoms with Crippen molar-refractivity contribution in [1.82, 2.24) is 0 Å². The van der Waals surface area contributed by atoms with Crippen LogP contribution in [-0.4, -0.2) is 64.1 Å². The molecule has 0 saturated carbocycles. The lowest BCUT2D eigenvalue weighted by atomic mass is 9.80. The van der Waals surface area contributed by atoms with Crippen LogP contribution in [0.15, 0.2) is 0 Å². The van der Waals surface area contributed by atoms with E-state index in [0.717, 1.165) is 52.5 Å². The van der Waals surface area contributed by atoms with Gasteiger partial charge in [0.1, 0.15) is 12.2 Å². The summed E-state index contributed by atoms with van der Waals surface area (Å²) in [6.45, 7) is 9.73. The van der Waals surface area contributed by atoms with Crippen molar-refractivity contribution in [2.24, 2.45) is 23.7 Å².